The highest BCUT2D eigenvalue weighted by Crippen LogP contribution is 2.29. The van der Waals surface area contributed by atoms with Gasteiger partial charge in [-0.15, -0.1) is 0 Å². The van der Waals surface area contributed by atoms with Crippen LogP contribution in [0.4, 0.5) is 5.69 Å². The number of rotatable bonds is 6. The first-order chi connectivity index (χ1) is 10.9. The third-order valence-electron chi connectivity index (χ3n) is 3.49. The van der Waals surface area contributed by atoms with E-state index in [2.05, 4.69) is 4.72 Å². The molecule has 2 aromatic rings. The minimum Gasteiger partial charge on any atom is -0.497 e. The Hall–Kier alpha value is -2.21. The summed E-state index contributed by atoms with van der Waals surface area (Å²) in [5.41, 5.74) is 1.39. The molecule has 0 aliphatic rings. The predicted molar refractivity (Wildman–Crippen MR) is 90.9 cm³/mol. The van der Waals surface area contributed by atoms with Gasteiger partial charge in [0.05, 0.1) is 14.2 Å². The Balaban J connectivity index is 2.39. The van der Waals surface area contributed by atoms with Crippen LogP contribution in [0.15, 0.2) is 47.4 Å². The van der Waals surface area contributed by atoms with E-state index in [4.69, 9.17) is 9.47 Å². The number of anilines is 1. The Morgan fingerprint density at radius 2 is 1.61 bits per heavy atom. The van der Waals surface area contributed by atoms with Crippen LogP contribution in [-0.4, -0.2) is 22.6 Å². The molecule has 0 aliphatic heterocycles. The third kappa shape index (κ3) is 3.96. The van der Waals surface area contributed by atoms with Gasteiger partial charge in [-0.05, 0) is 47.9 Å². The second kappa shape index (κ2) is 6.91. The van der Waals surface area contributed by atoms with E-state index in [1.165, 1.54) is 7.11 Å². The Bertz CT molecular complexity index is 768. The summed E-state index contributed by atoms with van der Waals surface area (Å²) in [4.78, 5) is 0.127. The summed E-state index contributed by atoms with van der Waals surface area (Å²) < 4.78 is 38.2. The maximum absolute atomic E-state index is 12.7. The molecule has 0 bridgehead atoms. The molecule has 2 aromatic carbocycles. The lowest BCUT2D eigenvalue weighted by atomic mass is 10.0. The fraction of sp³-hybridized carbons (Fsp3) is 0.294. The highest BCUT2D eigenvalue weighted by molar-refractivity contribution is 7.92. The largest absolute Gasteiger partial charge is 0.497 e. The molecule has 0 heterocycles. The minimum absolute atomic E-state index is 0.127. The van der Waals surface area contributed by atoms with E-state index in [1.54, 1.807) is 43.5 Å². The molecule has 23 heavy (non-hydrogen) atoms. The molecule has 124 valence electrons. The van der Waals surface area contributed by atoms with Crippen molar-refractivity contribution in [2.24, 2.45) is 0 Å². The van der Waals surface area contributed by atoms with Gasteiger partial charge in [-0.3, -0.25) is 4.72 Å². The lowest BCUT2D eigenvalue weighted by Gasteiger charge is -2.14. The number of hydrogen-bond donors (Lipinski definition) is 1. The van der Waals surface area contributed by atoms with Crippen molar-refractivity contribution in [3.8, 4) is 11.5 Å². The van der Waals surface area contributed by atoms with Crippen LogP contribution in [0.2, 0.25) is 0 Å². The highest BCUT2D eigenvalue weighted by atomic mass is 32.2. The van der Waals surface area contributed by atoms with Crippen LogP contribution in [0.3, 0.4) is 0 Å². The number of ether oxygens (including phenoxy) is 2. The molecular formula is C17H21NO4S. The summed E-state index contributed by atoms with van der Waals surface area (Å²) >= 11 is 0. The molecule has 0 unspecified atom stereocenters. The molecule has 0 saturated heterocycles. The molecular weight excluding hydrogens is 314 g/mol. The first-order valence-corrected chi connectivity index (χ1v) is 8.70. The quantitative estimate of drug-likeness (QED) is 0.875. The number of benzene rings is 2. The molecule has 0 fully saturated rings. The van der Waals surface area contributed by atoms with Crippen LogP contribution < -0.4 is 14.2 Å². The molecule has 0 spiro atoms. The van der Waals surface area contributed by atoms with Gasteiger partial charge in [-0.2, -0.15) is 0 Å². The monoisotopic (exact) mass is 335 g/mol. The van der Waals surface area contributed by atoms with E-state index in [1.807, 2.05) is 19.9 Å². The van der Waals surface area contributed by atoms with Crippen LogP contribution in [0.25, 0.3) is 0 Å². The summed E-state index contributed by atoms with van der Waals surface area (Å²) in [5.74, 6) is 1.19. The zero-order valence-electron chi connectivity index (χ0n) is 13.7. The average molecular weight is 335 g/mol. The van der Waals surface area contributed by atoms with Crippen LogP contribution >= 0.6 is 0 Å². The molecule has 2 rings (SSSR count). The number of nitrogens with one attached hydrogen (secondary N) is 1. The molecule has 0 radical (unpaired) electrons. The summed E-state index contributed by atoms with van der Waals surface area (Å²) in [6.07, 6.45) is 0. The molecule has 0 atom stereocenters. The Morgan fingerprint density at radius 1 is 0.957 bits per heavy atom. The van der Waals surface area contributed by atoms with Crippen molar-refractivity contribution in [3.05, 3.63) is 48.0 Å². The van der Waals surface area contributed by atoms with Crippen molar-refractivity contribution in [2.75, 3.05) is 18.9 Å². The summed E-state index contributed by atoms with van der Waals surface area (Å²) in [6.45, 7) is 4.02. The van der Waals surface area contributed by atoms with Gasteiger partial charge in [0.15, 0.2) is 0 Å². The summed E-state index contributed by atoms with van der Waals surface area (Å²) in [5, 5.41) is 0. The first kappa shape index (κ1) is 17.1. The standard InChI is InChI=1S/C17H21NO4S/c1-12(2)13-5-10-16(22-4)17(11-13)23(19,20)18-14-6-8-15(21-3)9-7-14/h5-12,18H,1-4H3. The molecule has 6 heteroatoms. The Morgan fingerprint density at radius 3 is 2.13 bits per heavy atom. The predicted octanol–water partition coefficient (Wildman–Crippen LogP) is 3.63. The van der Waals surface area contributed by atoms with E-state index in [9.17, 15) is 8.42 Å². The van der Waals surface area contributed by atoms with Crippen molar-refractivity contribution in [1.29, 1.82) is 0 Å². The van der Waals surface area contributed by atoms with E-state index in [-0.39, 0.29) is 10.8 Å². The molecule has 0 aliphatic carbocycles. The van der Waals surface area contributed by atoms with Crippen molar-refractivity contribution >= 4 is 15.7 Å². The van der Waals surface area contributed by atoms with Crippen LogP contribution in [0.1, 0.15) is 25.3 Å². The normalized spacial score (nSPS) is 11.3. The number of hydrogen-bond acceptors (Lipinski definition) is 4. The van der Waals surface area contributed by atoms with Crippen molar-refractivity contribution in [2.45, 2.75) is 24.7 Å². The summed E-state index contributed by atoms with van der Waals surface area (Å²) in [7, 11) is -0.735. The lowest BCUT2D eigenvalue weighted by Crippen LogP contribution is -2.14. The highest BCUT2D eigenvalue weighted by Gasteiger charge is 2.21. The van der Waals surface area contributed by atoms with Crippen LogP contribution in [-0.2, 0) is 10.0 Å². The molecule has 0 aromatic heterocycles. The number of methoxy groups -OCH3 is 2. The Labute approximate surface area is 137 Å². The second-order valence-electron chi connectivity index (χ2n) is 5.40. The average Bonchev–Trinajstić information content (AvgIpc) is 2.54. The van der Waals surface area contributed by atoms with E-state index < -0.39 is 10.0 Å². The maximum Gasteiger partial charge on any atom is 0.265 e. The Kier molecular flexibility index (Phi) is 5.15. The fourth-order valence-electron chi connectivity index (χ4n) is 2.13. The van der Waals surface area contributed by atoms with Gasteiger partial charge in [-0.1, -0.05) is 19.9 Å². The molecule has 1 N–H and O–H groups in total. The van der Waals surface area contributed by atoms with Crippen molar-refractivity contribution in [3.63, 3.8) is 0 Å². The molecule has 0 saturated carbocycles. The van der Waals surface area contributed by atoms with Gasteiger partial charge in [0, 0.05) is 5.69 Å². The van der Waals surface area contributed by atoms with Gasteiger partial charge < -0.3 is 9.47 Å². The van der Waals surface area contributed by atoms with Crippen molar-refractivity contribution < 1.29 is 17.9 Å². The van der Waals surface area contributed by atoms with Gasteiger partial charge in [0.25, 0.3) is 10.0 Å². The SMILES string of the molecule is COc1ccc(NS(=O)(=O)c2cc(C(C)C)ccc2OC)cc1. The maximum atomic E-state index is 12.7. The van der Waals surface area contributed by atoms with E-state index in [0.717, 1.165) is 5.56 Å². The van der Waals surface area contributed by atoms with E-state index >= 15 is 0 Å². The lowest BCUT2D eigenvalue weighted by molar-refractivity contribution is 0.402. The van der Waals surface area contributed by atoms with Crippen molar-refractivity contribution in [1.82, 2.24) is 0 Å². The third-order valence-corrected chi connectivity index (χ3v) is 4.89. The zero-order chi connectivity index (χ0) is 17.0. The van der Waals surface area contributed by atoms with Gasteiger partial charge >= 0.3 is 0 Å². The smallest absolute Gasteiger partial charge is 0.265 e. The van der Waals surface area contributed by atoms with Crippen LogP contribution in [0.5, 0.6) is 11.5 Å². The fourth-order valence-corrected chi connectivity index (χ4v) is 3.40. The second-order valence-corrected chi connectivity index (χ2v) is 7.05. The number of sulfonamides is 1. The minimum atomic E-state index is -3.75. The van der Waals surface area contributed by atoms with Crippen LogP contribution in [0, 0.1) is 0 Å². The zero-order valence-corrected chi connectivity index (χ0v) is 14.5. The van der Waals surface area contributed by atoms with Gasteiger partial charge in [-0.25, -0.2) is 8.42 Å². The first-order valence-electron chi connectivity index (χ1n) is 7.22. The summed E-state index contributed by atoms with van der Waals surface area (Å²) in [6, 6.07) is 11.9. The molecule has 0 amide bonds. The van der Waals surface area contributed by atoms with E-state index in [0.29, 0.717) is 17.2 Å². The van der Waals surface area contributed by atoms with Gasteiger partial charge in [0.2, 0.25) is 0 Å². The molecule has 5 nitrogen and oxygen atoms in total. The topological polar surface area (TPSA) is 64.6 Å². The van der Waals surface area contributed by atoms with Gasteiger partial charge in [0.1, 0.15) is 16.4 Å².